The maximum Gasteiger partial charge on any atom is 0.251 e. The number of amides is 2. The Labute approximate surface area is 152 Å². The van der Waals surface area contributed by atoms with Crippen LogP contribution in [-0.2, 0) is 18.4 Å². The third kappa shape index (κ3) is 4.48. The van der Waals surface area contributed by atoms with Gasteiger partial charge in [-0.05, 0) is 30.7 Å². The molecule has 6 nitrogen and oxygen atoms in total. The van der Waals surface area contributed by atoms with Gasteiger partial charge in [0.15, 0.2) is 0 Å². The fraction of sp³-hybridized carbons (Fsp3) is 0.278. The second kappa shape index (κ2) is 7.98. The number of hydrogen-bond donors (Lipinski definition) is 1. The summed E-state index contributed by atoms with van der Waals surface area (Å²) < 4.78 is 1.57. The van der Waals surface area contributed by atoms with E-state index in [1.165, 1.54) is 6.08 Å². The van der Waals surface area contributed by atoms with E-state index in [2.05, 4.69) is 10.4 Å². The number of nitrogens with zero attached hydrogens (tertiary/aromatic N) is 3. The summed E-state index contributed by atoms with van der Waals surface area (Å²) in [6.45, 7) is 2.28. The minimum Gasteiger partial charge on any atom is -0.355 e. The van der Waals surface area contributed by atoms with Gasteiger partial charge in [0.1, 0.15) is 5.15 Å². The summed E-state index contributed by atoms with van der Waals surface area (Å²) >= 11 is 6.15. The van der Waals surface area contributed by atoms with Gasteiger partial charge >= 0.3 is 0 Å². The van der Waals surface area contributed by atoms with Crippen LogP contribution in [0.15, 0.2) is 30.3 Å². The fourth-order valence-corrected chi connectivity index (χ4v) is 2.61. The molecule has 2 aromatic rings. The molecule has 0 spiro atoms. The van der Waals surface area contributed by atoms with E-state index in [1.54, 1.807) is 48.9 Å². The third-order valence-corrected chi connectivity index (χ3v) is 4.28. The summed E-state index contributed by atoms with van der Waals surface area (Å²) in [4.78, 5) is 25.4. The van der Waals surface area contributed by atoms with Crippen molar-refractivity contribution in [2.24, 2.45) is 7.05 Å². The second-order valence-corrected chi connectivity index (χ2v) is 6.08. The van der Waals surface area contributed by atoms with Crippen LogP contribution in [0.25, 0.3) is 6.08 Å². The molecule has 0 atom stereocenters. The number of likely N-dealkylation sites (N-methyl/N-ethyl adjacent to an activating group) is 1. The van der Waals surface area contributed by atoms with Crippen molar-refractivity contribution >= 4 is 29.5 Å². The Kier molecular flexibility index (Phi) is 5.98. The number of aryl methyl sites for hydroxylation is 2. The quantitative estimate of drug-likeness (QED) is 0.833. The van der Waals surface area contributed by atoms with Gasteiger partial charge in [0, 0.05) is 44.9 Å². The lowest BCUT2D eigenvalue weighted by Crippen LogP contribution is -2.24. The predicted octanol–water partition coefficient (Wildman–Crippen LogP) is 2.41. The predicted molar refractivity (Wildman–Crippen MR) is 98.3 cm³/mol. The Balaban J connectivity index is 2.02. The van der Waals surface area contributed by atoms with Crippen molar-refractivity contribution in [1.82, 2.24) is 20.0 Å². The summed E-state index contributed by atoms with van der Waals surface area (Å²) in [6.07, 6.45) is 3.16. The molecule has 0 aliphatic carbocycles. The molecule has 25 heavy (non-hydrogen) atoms. The van der Waals surface area contributed by atoms with Crippen LogP contribution in [0.4, 0.5) is 0 Å². The Morgan fingerprint density at radius 3 is 2.48 bits per heavy atom. The number of hydrogen-bond acceptors (Lipinski definition) is 3. The van der Waals surface area contributed by atoms with Crippen LogP contribution < -0.4 is 5.32 Å². The maximum absolute atomic E-state index is 12.3. The summed E-state index contributed by atoms with van der Waals surface area (Å²) in [5, 5.41) is 7.27. The highest BCUT2D eigenvalue weighted by Gasteiger charge is 2.11. The van der Waals surface area contributed by atoms with Crippen LogP contribution in [0.3, 0.4) is 0 Å². The van der Waals surface area contributed by atoms with E-state index in [0.717, 1.165) is 16.8 Å². The molecule has 0 fully saturated rings. The molecular weight excluding hydrogens is 340 g/mol. The van der Waals surface area contributed by atoms with E-state index >= 15 is 0 Å². The molecule has 1 heterocycles. The first-order valence-corrected chi connectivity index (χ1v) is 8.14. The maximum atomic E-state index is 12.3. The van der Waals surface area contributed by atoms with Gasteiger partial charge < -0.3 is 10.2 Å². The molecule has 1 N–H and O–H groups in total. The smallest absolute Gasteiger partial charge is 0.251 e. The second-order valence-electron chi connectivity index (χ2n) is 5.72. The minimum atomic E-state index is -0.144. The summed E-state index contributed by atoms with van der Waals surface area (Å²) in [7, 11) is 5.06. The first-order chi connectivity index (χ1) is 11.8. The Bertz CT molecular complexity index is 809. The molecule has 0 aliphatic heterocycles. The van der Waals surface area contributed by atoms with Crippen LogP contribution in [0.1, 0.15) is 27.2 Å². The zero-order valence-corrected chi connectivity index (χ0v) is 15.5. The molecule has 2 amide bonds. The standard InChI is InChI=1S/C18H21ClN4O2/c1-12-15(17(19)23(4)21-12)9-10-16(24)22(3)11-13-5-7-14(8-6-13)18(25)20-2/h5-10H,11H2,1-4H3,(H,20,25)/b10-9+. The largest absolute Gasteiger partial charge is 0.355 e. The fourth-order valence-electron chi connectivity index (χ4n) is 2.38. The molecule has 0 saturated carbocycles. The third-order valence-electron chi connectivity index (χ3n) is 3.83. The number of halogens is 1. The van der Waals surface area contributed by atoms with Gasteiger partial charge in [0.25, 0.3) is 5.91 Å². The molecular formula is C18H21ClN4O2. The molecule has 0 radical (unpaired) electrons. The number of carbonyl (C=O) groups excluding carboxylic acids is 2. The molecule has 0 saturated heterocycles. The van der Waals surface area contributed by atoms with Gasteiger partial charge in [-0.2, -0.15) is 5.10 Å². The monoisotopic (exact) mass is 360 g/mol. The van der Waals surface area contributed by atoms with Gasteiger partial charge in [-0.15, -0.1) is 0 Å². The van der Waals surface area contributed by atoms with Gasteiger partial charge in [-0.1, -0.05) is 23.7 Å². The van der Waals surface area contributed by atoms with Crippen molar-refractivity contribution in [3.63, 3.8) is 0 Å². The molecule has 0 aliphatic rings. The molecule has 7 heteroatoms. The zero-order chi connectivity index (χ0) is 18.6. The molecule has 0 unspecified atom stereocenters. The van der Waals surface area contributed by atoms with Crippen LogP contribution in [0.2, 0.25) is 5.15 Å². The first kappa shape index (κ1) is 18.7. The Hall–Kier alpha value is -2.60. The van der Waals surface area contributed by atoms with Crippen molar-refractivity contribution in [3.05, 3.63) is 57.9 Å². The van der Waals surface area contributed by atoms with E-state index < -0.39 is 0 Å². The van der Waals surface area contributed by atoms with E-state index in [1.807, 2.05) is 19.1 Å². The van der Waals surface area contributed by atoms with Crippen molar-refractivity contribution in [3.8, 4) is 0 Å². The molecule has 0 bridgehead atoms. The zero-order valence-electron chi connectivity index (χ0n) is 14.7. The normalized spacial score (nSPS) is 10.9. The van der Waals surface area contributed by atoms with Gasteiger partial charge in [0.2, 0.25) is 5.91 Å². The lowest BCUT2D eigenvalue weighted by molar-refractivity contribution is -0.125. The van der Waals surface area contributed by atoms with Crippen molar-refractivity contribution < 1.29 is 9.59 Å². The molecule has 1 aromatic carbocycles. The highest BCUT2D eigenvalue weighted by atomic mass is 35.5. The number of carbonyl (C=O) groups is 2. The average molecular weight is 361 g/mol. The highest BCUT2D eigenvalue weighted by molar-refractivity contribution is 6.31. The number of benzene rings is 1. The minimum absolute atomic E-state index is 0.136. The SMILES string of the molecule is CNC(=O)c1ccc(CN(C)C(=O)/C=C/c2c(C)nn(C)c2Cl)cc1. The number of rotatable bonds is 5. The summed E-state index contributed by atoms with van der Waals surface area (Å²) in [5.74, 6) is -0.280. The van der Waals surface area contributed by atoms with Crippen LogP contribution in [0, 0.1) is 6.92 Å². The molecule has 132 valence electrons. The first-order valence-electron chi connectivity index (χ1n) is 7.76. The van der Waals surface area contributed by atoms with E-state index in [4.69, 9.17) is 11.6 Å². The van der Waals surface area contributed by atoms with Crippen LogP contribution in [-0.4, -0.2) is 40.6 Å². The van der Waals surface area contributed by atoms with E-state index in [9.17, 15) is 9.59 Å². The van der Waals surface area contributed by atoms with Crippen molar-refractivity contribution in [2.75, 3.05) is 14.1 Å². The Morgan fingerprint density at radius 2 is 1.96 bits per heavy atom. The van der Waals surface area contributed by atoms with E-state index in [0.29, 0.717) is 17.3 Å². The number of nitrogens with one attached hydrogen (secondary N) is 1. The topological polar surface area (TPSA) is 67.2 Å². The van der Waals surface area contributed by atoms with Gasteiger partial charge in [-0.25, -0.2) is 0 Å². The Morgan fingerprint density at radius 1 is 1.32 bits per heavy atom. The van der Waals surface area contributed by atoms with Crippen LogP contribution in [0.5, 0.6) is 0 Å². The average Bonchev–Trinajstić information content (AvgIpc) is 2.84. The molecule has 1 aromatic heterocycles. The summed E-state index contributed by atoms with van der Waals surface area (Å²) in [5.41, 5.74) is 3.03. The van der Waals surface area contributed by atoms with Gasteiger partial charge in [-0.3, -0.25) is 14.3 Å². The molecule has 2 rings (SSSR count). The number of aromatic nitrogens is 2. The van der Waals surface area contributed by atoms with Crippen molar-refractivity contribution in [1.29, 1.82) is 0 Å². The van der Waals surface area contributed by atoms with Crippen LogP contribution >= 0.6 is 11.6 Å². The highest BCUT2D eigenvalue weighted by Crippen LogP contribution is 2.20. The van der Waals surface area contributed by atoms with Gasteiger partial charge in [0.05, 0.1) is 5.69 Å². The summed E-state index contributed by atoms with van der Waals surface area (Å²) in [6, 6.07) is 7.14. The van der Waals surface area contributed by atoms with E-state index in [-0.39, 0.29) is 11.8 Å². The lowest BCUT2D eigenvalue weighted by Gasteiger charge is -2.15. The lowest BCUT2D eigenvalue weighted by atomic mass is 10.1. The van der Waals surface area contributed by atoms with Crippen molar-refractivity contribution in [2.45, 2.75) is 13.5 Å².